The van der Waals surface area contributed by atoms with Crippen LogP contribution < -0.4 is 10.9 Å². The lowest BCUT2D eigenvalue weighted by atomic mass is 10.2. The van der Waals surface area contributed by atoms with Gasteiger partial charge in [0.2, 0.25) is 0 Å². The minimum Gasteiger partial charge on any atom is -0.347 e. The summed E-state index contributed by atoms with van der Waals surface area (Å²) in [7, 11) is 0. The summed E-state index contributed by atoms with van der Waals surface area (Å²) in [6.45, 7) is 2.38. The van der Waals surface area contributed by atoms with E-state index >= 15 is 0 Å². The summed E-state index contributed by atoms with van der Waals surface area (Å²) in [6, 6.07) is 14.7. The molecule has 0 unspecified atom stereocenters. The Kier molecular flexibility index (Phi) is 5.90. The topological polar surface area (TPSA) is 64.0 Å². The number of nitrogens with zero attached hydrogens (tertiary/aromatic N) is 2. The van der Waals surface area contributed by atoms with Gasteiger partial charge < -0.3 is 5.32 Å². The van der Waals surface area contributed by atoms with Gasteiger partial charge in [0.25, 0.3) is 11.5 Å². The Morgan fingerprint density at radius 2 is 1.70 bits per heavy atom. The fourth-order valence-corrected chi connectivity index (χ4v) is 4.65. The van der Waals surface area contributed by atoms with Crippen molar-refractivity contribution in [3.63, 3.8) is 0 Å². The first kappa shape index (κ1) is 20.6. The van der Waals surface area contributed by atoms with Gasteiger partial charge >= 0.3 is 0 Å². The number of halogens is 2. The van der Waals surface area contributed by atoms with Crippen molar-refractivity contribution in [2.24, 2.45) is 0 Å². The zero-order valence-corrected chi connectivity index (χ0v) is 18.3. The van der Waals surface area contributed by atoms with Crippen LogP contribution in [0.2, 0.25) is 10.0 Å². The number of hydrogen-bond acceptors (Lipinski definition) is 4. The number of aromatic nitrogens is 2. The Morgan fingerprint density at radius 1 is 1.07 bits per heavy atom. The van der Waals surface area contributed by atoms with Crippen molar-refractivity contribution in [1.82, 2.24) is 14.9 Å². The van der Waals surface area contributed by atoms with Crippen molar-refractivity contribution in [2.75, 3.05) is 0 Å². The zero-order chi connectivity index (χ0) is 21.3. The van der Waals surface area contributed by atoms with Crippen LogP contribution in [-0.4, -0.2) is 15.5 Å². The summed E-state index contributed by atoms with van der Waals surface area (Å²) in [4.78, 5) is 31.2. The lowest BCUT2D eigenvalue weighted by Gasteiger charge is -2.07. The highest BCUT2D eigenvalue weighted by Crippen LogP contribution is 2.27. The van der Waals surface area contributed by atoms with E-state index in [1.807, 2.05) is 36.4 Å². The molecule has 1 N–H and O–H groups in total. The SMILES string of the molecule is Cc1c(C(=O)NCc2ccccc2Cl)sc2ncn(Cc3ccccc3Cl)c(=O)c12. The van der Waals surface area contributed by atoms with E-state index in [4.69, 9.17) is 23.2 Å². The smallest absolute Gasteiger partial charge is 0.262 e. The number of carbonyl (C=O) groups is 1. The predicted molar refractivity (Wildman–Crippen MR) is 122 cm³/mol. The third-order valence-electron chi connectivity index (χ3n) is 4.82. The molecule has 30 heavy (non-hydrogen) atoms. The maximum Gasteiger partial charge on any atom is 0.262 e. The predicted octanol–water partition coefficient (Wildman–Crippen LogP) is 5.05. The van der Waals surface area contributed by atoms with E-state index in [1.165, 1.54) is 22.2 Å². The summed E-state index contributed by atoms with van der Waals surface area (Å²) in [5.74, 6) is -0.257. The highest BCUT2D eigenvalue weighted by Gasteiger charge is 2.19. The zero-order valence-electron chi connectivity index (χ0n) is 16.0. The molecule has 5 nitrogen and oxygen atoms in total. The van der Waals surface area contributed by atoms with Crippen molar-refractivity contribution in [3.05, 3.63) is 96.8 Å². The molecule has 4 aromatic rings. The molecule has 2 aromatic carbocycles. The molecule has 0 saturated carbocycles. The van der Waals surface area contributed by atoms with Crippen LogP contribution in [0.3, 0.4) is 0 Å². The van der Waals surface area contributed by atoms with Crippen molar-refractivity contribution in [3.8, 4) is 0 Å². The van der Waals surface area contributed by atoms with Crippen LogP contribution in [-0.2, 0) is 13.1 Å². The number of fused-ring (bicyclic) bond motifs is 1. The van der Waals surface area contributed by atoms with Gasteiger partial charge in [-0.3, -0.25) is 14.2 Å². The molecule has 0 bridgehead atoms. The molecule has 4 rings (SSSR count). The molecule has 0 atom stereocenters. The van der Waals surface area contributed by atoms with Crippen molar-refractivity contribution >= 4 is 50.7 Å². The van der Waals surface area contributed by atoms with Gasteiger partial charge in [0, 0.05) is 16.6 Å². The summed E-state index contributed by atoms with van der Waals surface area (Å²) in [5.41, 5.74) is 2.08. The van der Waals surface area contributed by atoms with Crippen LogP contribution >= 0.6 is 34.5 Å². The summed E-state index contributed by atoms with van der Waals surface area (Å²) < 4.78 is 1.51. The lowest BCUT2D eigenvalue weighted by molar-refractivity contribution is 0.0954. The maximum atomic E-state index is 13.1. The molecule has 0 radical (unpaired) electrons. The lowest BCUT2D eigenvalue weighted by Crippen LogP contribution is -2.23. The number of hydrogen-bond donors (Lipinski definition) is 1. The maximum absolute atomic E-state index is 13.1. The number of amides is 1. The van der Waals surface area contributed by atoms with E-state index in [1.54, 1.807) is 19.1 Å². The summed E-state index contributed by atoms with van der Waals surface area (Å²) in [5, 5.41) is 4.51. The number of thiophene rings is 1. The number of nitrogens with one attached hydrogen (secondary N) is 1. The van der Waals surface area contributed by atoms with Crippen LogP contribution in [0.4, 0.5) is 0 Å². The fraction of sp³-hybridized carbons (Fsp3) is 0.136. The van der Waals surface area contributed by atoms with E-state index < -0.39 is 0 Å². The Morgan fingerprint density at radius 3 is 2.37 bits per heavy atom. The minimum atomic E-state index is -0.257. The van der Waals surface area contributed by atoms with Gasteiger partial charge in [-0.1, -0.05) is 59.6 Å². The van der Waals surface area contributed by atoms with E-state index in [0.29, 0.717) is 43.8 Å². The summed E-state index contributed by atoms with van der Waals surface area (Å²) >= 11 is 13.6. The van der Waals surface area contributed by atoms with Crippen LogP contribution in [0.25, 0.3) is 10.2 Å². The van der Waals surface area contributed by atoms with Gasteiger partial charge in [-0.05, 0) is 35.7 Å². The first-order chi connectivity index (χ1) is 14.5. The number of rotatable bonds is 5. The second-order valence-corrected chi connectivity index (χ2v) is 8.59. The van der Waals surface area contributed by atoms with E-state index in [9.17, 15) is 9.59 Å². The Hall–Kier alpha value is -2.67. The van der Waals surface area contributed by atoms with Gasteiger partial charge in [0.05, 0.1) is 23.1 Å². The van der Waals surface area contributed by atoms with Gasteiger partial charge in [-0.2, -0.15) is 0 Å². The van der Waals surface area contributed by atoms with E-state index in [0.717, 1.165) is 11.1 Å². The molecular formula is C22H17Cl2N3O2S. The summed E-state index contributed by atoms with van der Waals surface area (Å²) in [6.07, 6.45) is 1.50. The van der Waals surface area contributed by atoms with Crippen LogP contribution in [0, 0.1) is 6.92 Å². The fourth-order valence-electron chi connectivity index (χ4n) is 3.20. The molecule has 0 fully saturated rings. The van der Waals surface area contributed by atoms with Crippen LogP contribution in [0.15, 0.2) is 59.7 Å². The molecule has 0 aliphatic rings. The third kappa shape index (κ3) is 3.99. The van der Waals surface area contributed by atoms with Gasteiger partial charge in [0.15, 0.2) is 0 Å². The molecule has 0 aliphatic carbocycles. The quantitative estimate of drug-likeness (QED) is 0.455. The number of carbonyl (C=O) groups excluding carboxylic acids is 1. The van der Waals surface area contributed by atoms with Crippen molar-refractivity contribution in [2.45, 2.75) is 20.0 Å². The normalized spacial score (nSPS) is 11.0. The number of benzene rings is 2. The van der Waals surface area contributed by atoms with Crippen LogP contribution in [0.5, 0.6) is 0 Å². The molecule has 8 heteroatoms. The van der Waals surface area contributed by atoms with Crippen molar-refractivity contribution in [1.29, 1.82) is 0 Å². The molecular weight excluding hydrogens is 441 g/mol. The molecule has 1 amide bonds. The van der Waals surface area contributed by atoms with Gasteiger partial charge in [-0.25, -0.2) is 4.98 Å². The third-order valence-corrected chi connectivity index (χ3v) is 6.76. The first-order valence-electron chi connectivity index (χ1n) is 9.19. The molecule has 2 heterocycles. The first-order valence-corrected chi connectivity index (χ1v) is 10.8. The van der Waals surface area contributed by atoms with Crippen LogP contribution in [0.1, 0.15) is 26.4 Å². The minimum absolute atomic E-state index is 0.196. The Labute approximate surface area is 186 Å². The second kappa shape index (κ2) is 8.60. The van der Waals surface area contributed by atoms with Gasteiger partial charge in [0.1, 0.15) is 4.83 Å². The average molecular weight is 458 g/mol. The van der Waals surface area contributed by atoms with E-state index in [2.05, 4.69) is 10.3 Å². The molecule has 0 spiro atoms. The standard InChI is InChI=1S/C22H17Cl2N3O2S/c1-13-18-21(26-12-27(22(18)29)11-15-7-3-5-9-17(15)24)30-19(13)20(28)25-10-14-6-2-4-8-16(14)23/h2-9,12H,10-11H2,1H3,(H,25,28). The second-order valence-electron chi connectivity index (χ2n) is 6.78. The molecule has 0 saturated heterocycles. The van der Waals surface area contributed by atoms with Crippen molar-refractivity contribution < 1.29 is 4.79 Å². The molecule has 2 aromatic heterocycles. The monoisotopic (exact) mass is 457 g/mol. The highest BCUT2D eigenvalue weighted by molar-refractivity contribution is 7.20. The highest BCUT2D eigenvalue weighted by atomic mass is 35.5. The molecule has 152 valence electrons. The average Bonchev–Trinajstić information content (AvgIpc) is 3.08. The molecule has 0 aliphatic heterocycles. The number of aryl methyl sites for hydroxylation is 1. The largest absolute Gasteiger partial charge is 0.347 e. The Bertz CT molecular complexity index is 1310. The van der Waals surface area contributed by atoms with Gasteiger partial charge in [-0.15, -0.1) is 11.3 Å². The van der Waals surface area contributed by atoms with E-state index in [-0.39, 0.29) is 11.5 Å². The Balaban J connectivity index is 1.63.